The number of likely N-dealkylation sites (tertiary alicyclic amines) is 1. The summed E-state index contributed by atoms with van der Waals surface area (Å²) in [6, 6.07) is 22.0. The largest absolute Gasteiger partial charge is 0.385 e. The van der Waals surface area contributed by atoms with Gasteiger partial charge in [0.25, 0.3) is 10.0 Å². The van der Waals surface area contributed by atoms with Crippen LogP contribution in [0.3, 0.4) is 0 Å². The Labute approximate surface area is 178 Å². The minimum Gasteiger partial charge on any atom is -0.385 e. The lowest BCUT2D eigenvalue weighted by Crippen LogP contribution is -3.14. The smallest absolute Gasteiger partial charge is 0.264 e. The van der Waals surface area contributed by atoms with Crippen molar-refractivity contribution in [2.24, 2.45) is 0 Å². The van der Waals surface area contributed by atoms with E-state index in [2.05, 4.69) is 0 Å². The molecule has 0 spiro atoms. The van der Waals surface area contributed by atoms with Crippen molar-refractivity contribution in [1.29, 1.82) is 0 Å². The Balaban J connectivity index is 1.64. The molecule has 0 amide bonds. The Kier molecular flexibility index (Phi) is 6.37. The van der Waals surface area contributed by atoms with Crippen LogP contribution in [0, 0.1) is 0 Å². The first-order valence-corrected chi connectivity index (χ1v) is 12.1. The van der Waals surface area contributed by atoms with Crippen LogP contribution in [0.5, 0.6) is 0 Å². The fourth-order valence-electron chi connectivity index (χ4n) is 4.24. The van der Waals surface area contributed by atoms with E-state index in [1.807, 2.05) is 48.5 Å². The maximum atomic E-state index is 13.6. The highest BCUT2D eigenvalue weighted by molar-refractivity contribution is 7.92. The van der Waals surface area contributed by atoms with E-state index in [4.69, 9.17) is 0 Å². The summed E-state index contributed by atoms with van der Waals surface area (Å²) < 4.78 is 28.6. The molecule has 1 aliphatic rings. The van der Waals surface area contributed by atoms with E-state index in [1.54, 1.807) is 24.3 Å². The van der Waals surface area contributed by atoms with Crippen LogP contribution in [0.15, 0.2) is 77.7 Å². The van der Waals surface area contributed by atoms with Crippen molar-refractivity contribution in [2.45, 2.75) is 30.3 Å². The fraction of sp³-hybridized carbons (Fsp3) is 0.333. The molecule has 30 heavy (non-hydrogen) atoms. The zero-order valence-corrected chi connectivity index (χ0v) is 17.9. The summed E-state index contributed by atoms with van der Waals surface area (Å²) in [5, 5.41) is 12.7. The van der Waals surface area contributed by atoms with Gasteiger partial charge in [-0.25, -0.2) is 8.42 Å². The molecule has 3 aromatic rings. The highest BCUT2D eigenvalue weighted by atomic mass is 32.2. The number of nitrogens with zero attached hydrogens (tertiary/aromatic N) is 1. The van der Waals surface area contributed by atoms with Crippen LogP contribution in [0.2, 0.25) is 0 Å². The lowest BCUT2D eigenvalue weighted by atomic mass is 10.1. The predicted octanol–water partition coefficient (Wildman–Crippen LogP) is 2.46. The van der Waals surface area contributed by atoms with Gasteiger partial charge in [-0.05, 0) is 54.3 Å². The van der Waals surface area contributed by atoms with Gasteiger partial charge < -0.3 is 10.0 Å². The minimum absolute atomic E-state index is 0.0443. The Hall–Kier alpha value is -2.41. The second-order valence-electron chi connectivity index (χ2n) is 8.05. The zero-order chi connectivity index (χ0) is 21.0. The lowest BCUT2D eigenvalue weighted by molar-refractivity contribution is -0.907. The maximum absolute atomic E-state index is 13.6. The molecule has 2 N–H and O–H groups in total. The summed E-state index contributed by atoms with van der Waals surface area (Å²) >= 11 is 0. The molecule has 0 radical (unpaired) electrons. The highest BCUT2D eigenvalue weighted by Gasteiger charge is 2.29. The van der Waals surface area contributed by atoms with Gasteiger partial charge in [-0.1, -0.05) is 48.5 Å². The molecule has 0 aromatic heterocycles. The van der Waals surface area contributed by atoms with Crippen LogP contribution in [-0.2, 0) is 10.0 Å². The van der Waals surface area contributed by atoms with E-state index in [0.29, 0.717) is 12.2 Å². The standard InChI is InChI=1S/C24H28N2O3S/c27-23(18-25-15-7-2-8-16-25)19-26(22-11-3-1-4-12-22)30(28,29)24-14-13-20-9-5-6-10-21(20)17-24/h1,3-6,9-14,17,23,27H,2,7-8,15-16,18-19H2/p+1/t23-/m0/s1. The van der Waals surface area contributed by atoms with Gasteiger partial charge in [-0.2, -0.15) is 0 Å². The molecule has 6 heteroatoms. The van der Waals surface area contributed by atoms with Crippen molar-refractivity contribution in [1.82, 2.24) is 0 Å². The van der Waals surface area contributed by atoms with Crippen LogP contribution >= 0.6 is 0 Å². The number of aliphatic hydroxyl groups is 1. The number of quaternary nitrogens is 1. The second kappa shape index (κ2) is 9.16. The Morgan fingerprint density at radius 2 is 1.53 bits per heavy atom. The van der Waals surface area contributed by atoms with Crippen LogP contribution in [-0.4, -0.2) is 45.8 Å². The SMILES string of the molecule is O=S(=O)(c1ccc2ccccc2c1)N(C[C@@H](O)C[NH+]1CCCCC1)c1ccccc1. The number of hydrogen-bond donors (Lipinski definition) is 2. The quantitative estimate of drug-likeness (QED) is 0.611. The van der Waals surface area contributed by atoms with Crippen molar-refractivity contribution in [3.8, 4) is 0 Å². The average molecular weight is 426 g/mol. The van der Waals surface area contributed by atoms with Crippen molar-refractivity contribution >= 4 is 26.5 Å². The molecular formula is C24H29N2O3S+. The van der Waals surface area contributed by atoms with E-state index < -0.39 is 16.1 Å². The van der Waals surface area contributed by atoms with Gasteiger partial charge in [0.2, 0.25) is 0 Å². The number of aliphatic hydroxyl groups excluding tert-OH is 1. The number of hydrogen-bond acceptors (Lipinski definition) is 3. The Bertz CT molecular complexity index is 1080. The number of rotatable bonds is 7. The summed E-state index contributed by atoms with van der Waals surface area (Å²) in [6.07, 6.45) is 2.85. The molecule has 4 rings (SSSR count). The second-order valence-corrected chi connectivity index (χ2v) is 9.91. The van der Waals surface area contributed by atoms with Gasteiger partial charge in [-0.3, -0.25) is 4.31 Å². The van der Waals surface area contributed by atoms with Crippen LogP contribution < -0.4 is 9.21 Å². The molecule has 1 aliphatic heterocycles. The molecule has 3 aromatic carbocycles. The highest BCUT2D eigenvalue weighted by Crippen LogP contribution is 2.26. The number of fused-ring (bicyclic) bond motifs is 1. The lowest BCUT2D eigenvalue weighted by Gasteiger charge is -2.30. The monoisotopic (exact) mass is 425 g/mol. The summed E-state index contributed by atoms with van der Waals surface area (Å²) in [6.45, 7) is 2.69. The number of para-hydroxylation sites is 1. The summed E-state index contributed by atoms with van der Waals surface area (Å²) in [7, 11) is -3.82. The molecule has 1 fully saturated rings. The molecule has 0 saturated carbocycles. The van der Waals surface area contributed by atoms with Gasteiger partial charge in [0.15, 0.2) is 0 Å². The van der Waals surface area contributed by atoms with Gasteiger partial charge in [0.1, 0.15) is 12.6 Å². The first-order valence-electron chi connectivity index (χ1n) is 10.6. The van der Waals surface area contributed by atoms with Crippen molar-refractivity contribution < 1.29 is 18.4 Å². The van der Waals surface area contributed by atoms with E-state index in [0.717, 1.165) is 23.9 Å². The van der Waals surface area contributed by atoms with E-state index in [-0.39, 0.29) is 11.4 Å². The predicted molar refractivity (Wildman–Crippen MR) is 120 cm³/mol. The minimum atomic E-state index is -3.82. The third-order valence-electron chi connectivity index (χ3n) is 5.81. The molecule has 0 unspecified atom stereocenters. The third kappa shape index (κ3) is 4.67. The van der Waals surface area contributed by atoms with E-state index in [1.165, 1.54) is 28.5 Å². The number of nitrogens with one attached hydrogen (secondary N) is 1. The Morgan fingerprint density at radius 3 is 2.27 bits per heavy atom. The number of piperidine rings is 1. The zero-order valence-electron chi connectivity index (χ0n) is 17.1. The summed E-state index contributed by atoms with van der Waals surface area (Å²) in [5.74, 6) is 0. The molecule has 0 bridgehead atoms. The van der Waals surface area contributed by atoms with Crippen LogP contribution in [0.25, 0.3) is 10.8 Å². The van der Waals surface area contributed by atoms with Crippen molar-refractivity contribution in [3.05, 3.63) is 72.8 Å². The average Bonchev–Trinajstić information content (AvgIpc) is 2.78. The van der Waals surface area contributed by atoms with E-state index >= 15 is 0 Å². The molecule has 1 heterocycles. The van der Waals surface area contributed by atoms with E-state index in [9.17, 15) is 13.5 Å². The normalized spacial score (nSPS) is 16.4. The third-order valence-corrected chi connectivity index (χ3v) is 7.60. The number of sulfonamides is 1. The maximum Gasteiger partial charge on any atom is 0.264 e. The van der Waals surface area contributed by atoms with Gasteiger partial charge >= 0.3 is 0 Å². The first-order chi connectivity index (χ1) is 14.5. The fourth-order valence-corrected chi connectivity index (χ4v) is 5.77. The molecule has 0 aliphatic carbocycles. The van der Waals surface area contributed by atoms with Crippen molar-refractivity contribution in [2.75, 3.05) is 30.5 Å². The molecule has 158 valence electrons. The molecular weight excluding hydrogens is 396 g/mol. The van der Waals surface area contributed by atoms with Crippen molar-refractivity contribution in [3.63, 3.8) is 0 Å². The van der Waals surface area contributed by atoms with Gasteiger partial charge in [0.05, 0.1) is 30.2 Å². The van der Waals surface area contributed by atoms with Crippen LogP contribution in [0.4, 0.5) is 5.69 Å². The topological polar surface area (TPSA) is 62.0 Å². The van der Waals surface area contributed by atoms with Gasteiger partial charge in [-0.15, -0.1) is 0 Å². The Morgan fingerprint density at radius 1 is 0.867 bits per heavy atom. The van der Waals surface area contributed by atoms with Crippen LogP contribution in [0.1, 0.15) is 19.3 Å². The molecule has 1 atom stereocenters. The number of anilines is 1. The molecule has 1 saturated heterocycles. The summed E-state index contributed by atoms with van der Waals surface area (Å²) in [5.41, 5.74) is 0.568. The molecule has 5 nitrogen and oxygen atoms in total. The van der Waals surface area contributed by atoms with Gasteiger partial charge in [0, 0.05) is 0 Å². The summed E-state index contributed by atoms with van der Waals surface area (Å²) in [4.78, 5) is 1.59. The number of benzene rings is 3. The first kappa shape index (κ1) is 20.8.